The molecule has 2 aliphatic rings. The van der Waals surface area contributed by atoms with E-state index in [1.807, 2.05) is 47.4 Å². The Balaban J connectivity index is 1.30. The molecule has 2 amide bonds. The SMILES string of the molecule is CCc1cccc(OC2CCN(C(=O)C3CC(=O)N(c4ccccc4)C3)CC2)c1. The minimum absolute atomic E-state index is 0.0311. The Hall–Kier alpha value is -2.82. The van der Waals surface area contributed by atoms with Crippen molar-refractivity contribution in [3.63, 3.8) is 0 Å². The van der Waals surface area contributed by atoms with Crippen LogP contribution < -0.4 is 9.64 Å². The predicted molar refractivity (Wildman–Crippen MR) is 113 cm³/mol. The number of hydrogen-bond donors (Lipinski definition) is 0. The first-order chi connectivity index (χ1) is 14.1. The van der Waals surface area contributed by atoms with E-state index < -0.39 is 0 Å². The van der Waals surface area contributed by atoms with Crippen molar-refractivity contribution in [1.29, 1.82) is 0 Å². The van der Waals surface area contributed by atoms with Crippen LogP contribution in [0.5, 0.6) is 5.75 Å². The Morgan fingerprint density at radius 2 is 1.83 bits per heavy atom. The maximum absolute atomic E-state index is 13.0. The number of ether oxygens (including phenoxy) is 1. The van der Waals surface area contributed by atoms with E-state index in [9.17, 15) is 9.59 Å². The van der Waals surface area contributed by atoms with Crippen molar-refractivity contribution < 1.29 is 14.3 Å². The molecule has 0 spiro atoms. The van der Waals surface area contributed by atoms with Crippen LogP contribution in [0, 0.1) is 5.92 Å². The lowest BCUT2D eigenvalue weighted by molar-refractivity contribution is -0.137. The number of likely N-dealkylation sites (tertiary alicyclic amines) is 1. The van der Waals surface area contributed by atoms with Gasteiger partial charge in [0.15, 0.2) is 0 Å². The van der Waals surface area contributed by atoms with Crippen molar-refractivity contribution in [2.45, 2.75) is 38.7 Å². The van der Waals surface area contributed by atoms with Gasteiger partial charge in [-0.25, -0.2) is 0 Å². The summed E-state index contributed by atoms with van der Waals surface area (Å²) in [5.41, 5.74) is 2.14. The molecule has 2 fully saturated rings. The summed E-state index contributed by atoms with van der Waals surface area (Å²) in [5.74, 6) is 0.794. The van der Waals surface area contributed by atoms with Gasteiger partial charge in [0, 0.05) is 44.6 Å². The second kappa shape index (κ2) is 8.68. The highest BCUT2D eigenvalue weighted by atomic mass is 16.5. The van der Waals surface area contributed by atoms with E-state index in [1.54, 1.807) is 4.90 Å². The molecule has 1 atom stereocenters. The van der Waals surface area contributed by atoms with Crippen LogP contribution in [0.1, 0.15) is 31.7 Å². The number of anilines is 1. The van der Waals surface area contributed by atoms with E-state index in [2.05, 4.69) is 19.1 Å². The fourth-order valence-electron chi connectivity index (χ4n) is 4.21. The quantitative estimate of drug-likeness (QED) is 0.780. The molecule has 2 aromatic carbocycles. The van der Waals surface area contributed by atoms with Gasteiger partial charge in [0.2, 0.25) is 11.8 Å². The monoisotopic (exact) mass is 392 g/mol. The molecule has 29 heavy (non-hydrogen) atoms. The van der Waals surface area contributed by atoms with Gasteiger partial charge in [-0.05, 0) is 36.2 Å². The van der Waals surface area contributed by atoms with Crippen LogP contribution in [0.15, 0.2) is 54.6 Å². The summed E-state index contributed by atoms with van der Waals surface area (Å²) in [5, 5.41) is 0. The van der Waals surface area contributed by atoms with Gasteiger partial charge in [0.05, 0.1) is 5.92 Å². The van der Waals surface area contributed by atoms with E-state index in [4.69, 9.17) is 4.74 Å². The normalized spacial score (nSPS) is 20.2. The summed E-state index contributed by atoms with van der Waals surface area (Å²) in [6, 6.07) is 17.8. The van der Waals surface area contributed by atoms with E-state index in [0.29, 0.717) is 26.1 Å². The molecule has 0 aromatic heterocycles. The zero-order valence-electron chi connectivity index (χ0n) is 16.9. The fourth-order valence-corrected chi connectivity index (χ4v) is 4.21. The van der Waals surface area contributed by atoms with Crippen molar-refractivity contribution in [1.82, 2.24) is 4.90 Å². The number of rotatable bonds is 5. The topological polar surface area (TPSA) is 49.9 Å². The lowest BCUT2D eigenvalue weighted by Gasteiger charge is -2.33. The average Bonchev–Trinajstić information content (AvgIpc) is 3.16. The van der Waals surface area contributed by atoms with Crippen LogP contribution >= 0.6 is 0 Å². The van der Waals surface area contributed by atoms with Gasteiger partial charge in [-0.15, -0.1) is 0 Å². The van der Waals surface area contributed by atoms with Crippen molar-refractivity contribution in [3.05, 3.63) is 60.2 Å². The molecule has 0 aliphatic carbocycles. The highest BCUT2D eigenvalue weighted by molar-refractivity contribution is 6.00. The van der Waals surface area contributed by atoms with Crippen LogP contribution in [0.3, 0.4) is 0 Å². The van der Waals surface area contributed by atoms with Crippen molar-refractivity contribution >= 4 is 17.5 Å². The molecule has 152 valence electrons. The standard InChI is InChI=1S/C24H28N2O3/c1-2-18-7-6-10-22(15-18)29-21-11-13-25(14-12-21)24(28)19-16-23(27)26(17-19)20-8-4-3-5-9-20/h3-10,15,19,21H,2,11-14,16-17H2,1H3. The molecule has 2 heterocycles. The molecule has 0 bridgehead atoms. The Morgan fingerprint density at radius 1 is 1.07 bits per heavy atom. The number of carbonyl (C=O) groups is 2. The van der Waals surface area contributed by atoms with Gasteiger partial charge in [-0.1, -0.05) is 37.3 Å². The third kappa shape index (κ3) is 4.44. The van der Waals surface area contributed by atoms with Gasteiger partial charge in [0.25, 0.3) is 0 Å². The fraction of sp³-hybridized carbons (Fsp3) is 0.417. The van der Waals surface area contributed by atoms with Crippen molar-refractivity contribution in [2.75, 3.05) is 24.5 Å². The Bertz CT molecular complexity index is 859. The molecule has 0 N–H and O–H groups in total. The third-order valence-corrected chi connectivity index (χ3v) is 5.91. The van der Waals surface area contributed by atoms with Crippen LogP contribution in [0.4, 0.5) is 5.69 Å². The Morgan fingerprint density at radius 3 is 2.55 bits per heavy atom. The maximum atomic E-state index is 13.0. The van der Waals surface area contributed by atoms with Gasteiger partial charge < -0.3 is 14.5 Å². The van der Waals surface area contributed by atoms with Crippen LogP contribution in [-0.4, -0.2) is 42.5 Å². The number of carbonyl (C=O) groups excluding carboxylic acids is 2. The second-order valence-corrected chi connectivity index (χ2v) is 7.88. The molecular weight excluding hydrogens is 364 g/mol. The van der Waals surface area contributed by atoms with Crippen LogP contribution in [0.2, 0.25) is 0 Å². The molecule has 5 nitrogen and oxygen atoms in total. The number of nitrogens with zero attached hydrogens (tertiary/aromatic N) is 2. The predicted octanol–water partition coefficient (Wildman–Crippen LogP) is 3.67. The number of amides is 2. The van der Waals surface area contributed by atoms with Crippen LogP contribution in [-0.2, 0) is 16.0 Å². The zero-order chi connectivity index (χ0) is 20.2. The Labute approximate surface area is 172 Å². The summed E-state index contributed by atoms with van der Waals surface area (Å²) in [4.78, 5) is 29.0. The highest BCUT2D eigenvalue weighted by Crippen LogP contribution is 2.28. The van der Waals surface area contributed by atoms with Crippen molar-refractivity contribution in [2.24, 2.45) is 5.92 Å². The van der Waals surface area contributed by atoms with E-state index in [-0.39, 0.29) is 23.8 Å². The number of hydrogen-bond acceptors (Lipinski definition) is 3. The smallest absolute Gasteiger partial charge is 0.228 e. The van der Waals surface area contributed by atoms with E-state index in [1.165, 1.54) is 5.56 Å². The van der Waals surface area contributed by atoms with Crippen LogP contribution in [0.25, 0.3) is 0 Å². The molecule has 4 rings (SSSR count). The molecule has 2 aliphatic heterocycles. The highest BCUT2D eigenvalue weighted by Gasteiger charge is 2.38. The first-order valence-electron chi connectivity index (χ1n) is 10.5. The van der Waals surface area contributed by atoms with E-state index >= 15 is 0 Å². The summed E-state index contributed by atoms with van der Waals surface area (Å²) < 4.78 is 6.14. The van der Waals surface area contributed by atoms with Gasteiger partial charge in [-0.3, -0.25) is 9.59 Å². The minimum atomic E-state index is -0.249. The molecule has 0 radical (unpaired) electrons. The Kier molecular flexibility index (Phi) is 5.84. The summed E-state index contributed by atoms with van der Waals surface area (Å²) in [6.45, 7) is 3.98. The van der Waals surface area contributed by atoms with Gasteiger partial charge in [-0.2, -0.15) is 0 Å². The zero-order valence-corrected chi connectivity index (χ0v) is 16.9. The molecular formula is C24H28N2O3. The third-order valence-electron chi connectivity index (χ3n) is 5.91. The van der Waals surface area contributed by atoms with Crippen molar-refractivity contribution in [3.8, 4) is 5.75 Å². The maximum Gasteiger partial charge on any atom is 0.228 e. The minimum Gasteiger partial charge on any atom is -0.490 e. The first kappa shape index (κ1) is 19.5. The first-order valence-corrected chi connectivity index (χ1v) is 10.5. The number of piperidine rings is 1. The molecule has 2 aromatic rings. The summed E-state index contributed by atoms with van der Waals surface area (Å²) in [7, 11) is 0. The molecule has 2 saturated heterocycles. The summed E-state index contributed by atoms with van der Waals surface area (Å²) in [6.07, 6.45) is 3.08. The second-order valence-electron chi connectivity index (χ2n) is 7.88. The van der Waals surface area contributed by atoms with Gasteiger partial charge >= 0.3 is 0 Å². The van der Waals surface area contributed by atoms with Gasteiger partial charge in [0.1, 0.15) is 11.9 Å². The number of para-hydroxylation sites is 1. The molecule has 5 heteroatoms. The number of benzene rings is 2. The lowest BCUT2D eigenvalue weighted by atomic mass is 10.0. The molecule has 0 saturated carbocycles. The number of aryl methyl sites for hydroxylation is 1. The molecule has 1 unspecified atom stereocenters. The lowest BCUT2D eigenvalue weighted by Crippen LogP contribution is -2.44. The van der Waals surface area contributed by atoms with E-state index in [0.717, 1.165) is 30.7 Å². The largest absolute Gasteiger partial charge is 0.490 e. The average molecular weight is 392 g/mol. The summed E-state index contributed by atoms with van der Waals surface area (Å²) >= 11 is 0.